The van der Waals surface area contributed by atoms with Crippen LogP contribution in [0.1, 0.15) is 13.3 Å². The van der Waals surface area contributed by atoms with Gasteiger partial charge in [-0.1, -0.05) is 18.2 Å². The summed E-state index contributed by atoms with van der Waals surface area (Å²) < 4.78 is 0. The largest absolute Gasteiger partial charge is 0.372 e. The zero-order valence-corrected chi connectivity index (χ0v) is 16.2. The van der Waals surface area contributed by atoms with Gasteiger partial charge in [0.25, 0.3) is 0 Å². The van der Waals surface area contributed by atoms with Crippen molar-refractivity contribution in [1.29, 1.82) is 0 Å². The van der Waals surface area contributed by atoms with Gasteiger partial charge in [-0.15, -0.1) is 11.3 Å². The molecule has 1 aliphatic rings. The molecule has 26 heavy (non-hydrogen) atoms. The molecule has 1 fully saturated rings. The van der Waals surface area contributed by atoms with Crippen LogP contribution in [-0.2, 0) is 0 Å². The summed E-state index contributed by atoms with van der Waals surface area (Å²) in [7, 11) is 0. The standard InChI is InChI=1S/C19H28N6S/c1-2-23(17-7-4-3-5-8-17)11-6-9-21-18(20)24-12-14-25(15-13-24)19-22-10-16-26-19/h3-5,7-8,10,16H,2,6,9,11-15H2,1H3,(H2,20,21). The number of nitrogens with zero attached hydrogens (tertiary/aromatic N) is 5. The molecule has 1 saturated heterocycles. The molecule has 0 saturated carbocycles. The normalized spacial score (nSPS) is 15.3. The maximum Gasteiger partial charge on any atom is 0.191 e. The molecule has 3 rings (SSSR count). The maximum absolute atomic E-state index is 6.20. The second-order valence-electron chi connectivity index (χ2n) is 6.30. The van der Waals surface area contributed by atoms with Crippen molar-refractivity contribution in [2.75, 3.05) is 55.6 Å². The second kappa shape index (κ2) is 9.43. The molecule has 0 aliphatic carbocycles. The summed E-state index contributed by atoms with van der Waals surface area (Å²) in [6.45, 7) is 8.65. The van der Waals surface area contributed by atoms with Gasteiger partial charge in [-0.3, -0.25) is 4.99 Å². The Hall–Kier alpha value is -2.28. The number of piperazine rings is 1. The quantitative estimate of drug-likeness (QED) is 0.460. The van der Waals surface area contributed by atoms with Crippen molar-refractivity contribution in [1.82, 2.24) is 9.88 Å². The smallest absolute Gasteiger partial charge is 0.191 e. The Morgan fingerprint density at radius 3 is 2.65 bits per heavy atom. The first-order valence-electron chi connectivity index (χ1n) is 9.27. The summed E-state index contributed by atoms with van der Waals surface area (Å²) in [6.07, 6.45) is 2.86. The molecule has 0 unspecified atom stereocenters. The van der Waals surface area contributed by atoms with Crippen molar-refractivity contribution in [2.24, 2.45) is 10.7 Å². The molecule has 2 heterocycles. The minimum atomic E-state index is 0.673. The van der Waals surface area contributed by atoms with Crippen LogP contribution < -0.4 is 15.5 Å². The fourth-order valence-corrected chi connectivity index (χ4v) is 3.86. The Kier molecular flexibility index (Phi) is 6.71. The van der Waals surface area contributed by atoms with Gasteiger partial charge in [-0.05, 0) is 25.5 Å². The third kappa shape index (κ3) is 4.88. The number of guanidine groups is 1. The fourth-order valence-electron chi connectivity index (χ4n) is 3.16. The van der Waals surface area contributed by atoms with E-state index in [0.717, 1.165) is 57.4 Å². The van der Waals surface area contributed by atoms with Crippen molar-refractivity contribution >= 4 is 28.1 Å². The van der Waals surface area contributed by atoms with Gasteiger partial charge < -0.3 is 20.4 Å². The topological polar surface area (TPSA) is 61.0 Å². The number of anilines is 2. The second-order valence-corrected chi connectivity index (χ2v) is 7.17. The predicted octanol–water partition coefficient (Wildman–Crippen LogP) is 2.50. The van der Waals surface area contributed by atoms with Gasteiger partial charge in [0, 0.05) is 63.1 Å². The van der Waals surface area contributed by atoms with Gasteiger partial charge in [-0.2, -0.15) is 0 Å². The molecule has 2 N–H and O–H groups in total. The Labute approximate surface area is 160 Å². The molecule has 0 bridgehead atoms. The summed E-state index contributed by atoms with van der Waals surface area (Å²) in [4.78, 5) is 15.8. The molecule has 1 aromatic carbocycles. The van der Waals surface area contributed by atoms with E-state index in [4.69, 9.17) is 5.73 Å². The molecule has 1 aromatic heterocycles. The zero-order valence-electron chi connectivity index (χ0n) is 15.4. The van der Waals surface area contributed by atoms with Gasteiger partial charge in [-0.25, -0.2) is 4.98 Å². The van der Waals surface area contributed by atoms with E-state index in [2.05, 4.69) is 61.9 Å². The summed E-state index contributed by atoms with van der Waals surface area (Å²) in [6, 6.07) is 10.5. The number of thiazole rings is 1. The Morgan fingerprint density at radius 1 is 1.23 bits per heavy atom. The highest BCUT2D eigenvalue weighted by Crippen LogP contribution is 2.18. The van der Waals surface area contributed by atoms with Crippen molar-refractivity contribution in [3.05, 3.63) is 41.9 Å². The van der Waals surface area contributed by atoms with Gasteiger partial charge in [0.2, 0.25) is 0 Å². The highest BCUT2D eigenvalue weighted by Gasteiger charge is 2.19. The number of para-hydroxylation sites is 1. The first-order valence-corrected chi connectivity index (χ1v) is 10.1. The number of hydrogen-bond acceptors (Lipinski definition) is 5. The van der Waals surface area contributed by atoms with E-state index in [0.29, 0.717) is 5.96 Å². The van der Waals surface area contributed by atoms with E-state index >= 15 is 0 Å². The van der Waals surface area contributed by atoms with E-state index in [-0.39, 0.29) is 0 Å². The molecule has 7 heteroatoms. The summed E-state index contributed by atoms with van der Waals surface area (Å²) in [5, 5.41) is 3.12. The van der Waals surface area contributed by atoms with Crippen LogP contribution in [0, 0.1) is 0 Å². The lowest BCUT2D eigenvalue weighted by atomic mass is 10.2. The Balaban J connectivity index is 1.41. The lowest BCUT2D eigenvalue weighted by Crippen LogP contribution is -2.51. The first kappa shape index (κ1) is 18.5. The third-order valence-electron chi connectivity index (χ3n) is 4.66. The van der Waals surface area contributed by atoms with Crippen LogP contribution >= 0.6 is 11.3 Å². The van der Waals surface area contributed by atoms with Crippen LogP contribution in [-0.4, -0.2) is 61.7 Å². The Morgan fingerprint density at radius 2 is 2.00 bits per heavy atom. The number of aromatic nitrogens is 1. The van der Waals surface area contributed by atoms with Crippen molar-refractivity contribution in [3.63, 3.8) is 0 Å². The van der Waals surface area contributed by atoms with Crippen molar-refractivity contribution in [3.8, 4) is 0 Å². The van der Waals surface area contributed by atoms with E-state index < -0.39 is 0 Å². The lowest BCUT2D eigenvalue weighted by Gasteiger charge is -2.35. The van der Waals surface area contributed by atoms with E-state index in [1.165, 1.54) is 5.69 Å². The first-order chi connectivity index (χ1) is 12.8. The van der Waals surface area contributed by atoms with Gasteiger partial charge in [0.1, 0.15) is 0 Å². The molecular formula is C19H28N6S. The summed E-state index contributed by atoms with van der Waals surface area (Å²) >= 11 is 1.69. The lowest BCUT2D eigenvalue weighted by molar-refractivity contribution is 0.380. The monoisotopic (exact) mass is 372 g/mol. The maximum atomic E-state index is 6.20. The average Bonchev–Trinajstić information content (AvgIpc) is 3.23. The fraction of sp³-hybridized carbons (Fsp3) is 0.474. The van der Waals surface area contributed by atoms with Crippen molar-refractivity contribution in [2.45, 2.75) is 13.3 Å². The van der Waals surface area contributed by atoms with E-state index in [1.807, 2.05) is 11.6 Å². The molecule has 140 valence electrons. The highest BCUT2D eigenvalue weighted by atomic mass is 32.1. The third-order valence-corrected chi connectivity index (χ3v) is 5.49. The van der Waals surface area contributed by atoms with Crippen LogP contribution in [0.4, 0.5) is 10.8 Å². The summed E-state index contributed by atoms with van der Waals surface area (Å²) in [5.41, 5.74) is 7.47. The molecule has 0 amide bonds. The van der Waals surface area contributed by atoms with Crippen LogP contribution in [0.15, 0.2) is 46.9 Å². The average molecular weight is 373 g/mol. The van der Waals surface area contributed by atoms with Gasteiger partial charge >= 0.3 is 0 Å². The molecule has 0 radical (unpaired) electrons. The number of hydrogen-bond donors (Lipinski definition) is 1. The van der Waals surface area contributed by atoms with Crippen LogP contribution in [0.5, 0.6) is 0 Å². The molecular weight excluding hydrogens is 344 g/mol. The number of aliphatic imine (C=N–C) groups is 1. The van der Waals surface area contributed by atoms with Crippen molar-refractivity contribution < 1.29 is 0 Å². The number of nitrogens with two attached hydrogens (primary N) is 1. The molecule has 0 spiro atoms. The minimum Gasteiger partial charge on any atom is -0.372 e. The number of rotatable bonds is 7. The van der Waals surface area contributed by atoms with E-state index in [9.17, 15) is 0 Å². The predicted molar refractivity (Wildman–Crippen MR) is 111 cm³/mol. The molecule has 0 atom stereocenters. The molecule has 2 aromatic rings. The highest BCUT2D eigenvalue weighted by molar-refractivity contribution is 7.13. The van der Waals surface area contributed by atoms with Crippen LogP contribution in [0.25, 0.3) is 0 Å². The molecule has 1 aliphatic heterocycles. The van der Waals surface area contributed by atoms with Gasteiger partial charge in [0.05, 0.1) is 0 Å². The van der Waals surface area contributed by atoms with Crippen LogP contribution in [0.3, 0.4) is 0 Å². The minimum absolute atomic E-state index is 0.673. The Bertz CT molecular complexity index is 665. The van der Waals surface area contributed by atoms with Crippen LogP contribution in [0.2, 0.25) is 0 Å². The summed E-state index contributed by atoms with van der Waals surface area (Å²) in [5.74, 6) is 0.673. The van der Waals surface area contributed by atoms with Gasteiger partial charge in [0.15, 0.2) is 11.1 Å². The SMILES string of the molecule is CCN(CCCN=C(N)N1CCN(c2nccs2)CC1)c1ccccc1. The van der Waals surface area contributed by atoms with E-state index in [1.54, 1.807) is 11.3 Å². The number of benzene rings is 1. The molecule has 6 nitrogen and oxygen atoms in total. The zero-order chi connectivity index (χ0) is 18.2.